The lowest BCUT2D eigenvalue weighted by Crippen LogP contribution is -2.46. The van der Waals surface area contributed by atoms with Crippen LogP contribution in [0.4, 0.5) is 5.82 Å². The molecule has 3 N–H and O–H groups in total. The molecule has 31 heavy (non-hydrogen) atoms. The van der Waals surface area contributed by atoms with Gasteiger partial charge in [-0.05, 0) is 37.3 Å². The van der Waals surface area contributed by atoms with Gasteiger partial charge in [-0.2, -0.15) is 10.4 Å². The number of nitrogens with two attached hydrogens (primary N) is 1. The molecule has 1 aliphatic carbocycles. The predicted molar refractivity (Wildman–Crippen MR) is 119 cm³/mol. The molecule has 8 nitrogen and oxygen atoms in total. The molecule has 0 spiro atoms. The van der Waals surface area contributed by atoms with Crippen molar-refractivity contribution in [2.75, 3.05) is 18.4 Å². The highest BCUT2D eigenvalue weighted by atomic mass is 79.9. The number of carbonyl (C=O) groups is 2. The van der Waals surface area contributed by atoms with Crippen LogP contribution < -0.4 is 11.1 Å². The molecule has 1 aliphatic heterocycles. The number of likely N-dealkylation sites (tertiary alicyclic amines) is 1. The second-order valence-corrected chi connectivity index (χ2v) is 9.24. The number of rotatable bonds is 7. The van der Waals surface area contributed by atoms with E-state index in [1.54, 1.807) is 10.9 Å². The average Bonchev–Trinajstić information content (AvgIpc) is 3.51. The van der Waals surface area contributed by atoms with Crippen molar-refractivity contribution >= 4 is 33.6 Å². The molecular formula is C22H25BrN6O2. The maximum atomic E-state index is 12.2. The lowest BCUT2D eigenvalue weighted by atomic mass is 9.84. The van der Waals surface area contributed by atoms with Crippen molar-refractivity contribution in [1.82, 2.24) is 14.7 Å². The van der Waals surface area contributed by atoms with Gasteiger partial charge in [-0.3, -0.25) is 19.2 Å². The standard InChI is InChI=1S/C22H25BrN6O2/c23-18-4-2-1-3-16(18)13-28-11-8-22(7-10-24,9-12-28)29-14-17(19(25)30)20(27-29)26-21(31)15-5-6-15/h1-4,14-15H,5-9,11-13H2,(H2,25,30)(H,26,27,31). The highest BCUT2D eigenvalue weighted by molar-refractivity contribution is 9.10. The largest absolute Gasteiger partial charge is 0.365 e. The van der Waals surface area contributed by atoms with Gasteiger partial charge in [0.15, 0.2) is 5.82 Å². The summed E-state index contributed by atoms with van der Waals surface area (Å²) < 4.78 is 2.77. The zero-order valence-electron chi connectivity index (χ0n) is 17.2. The molecule has 2 amide bonds. The Bertz CT molecular complexity index is 1030. The first-order valence-corrected chi connectivity index (χ1v) is 11.2. The normalized spacial score (nSPS) is 18.3. The van der Waals surface area contributed by atoms with Crippen LogP contribution in [0.25, 0.3) is 0 Å². The third-order valence-corrected chi connectivity index (χ3v) is 6.98. The number of nitriles is 1. The molecule has 0 unspecified atom stereocenters. The topological polar surface area (TPSA) is 117 Å². The molecule has 1 aromatic carbocycles. The Morgan fingerprint density at radius 1 is 1.29 bits per heavy atom. The number of hydrogen-bond acceptors (Lipinski definition) is 5. The van der Waals surface area contributed by atoms with Crippen molar-refractivity contribution < 1.29 is 9.59 Å². The first kappa shape index (κ1) is 21.5. The van der Waals surface area contributed by atoms with Gasteiger partial charge in [-0.15, -0.1) is 0 Å². The Morgan fingerprint density at radius 2 is 2.00 bits per heavy atom. The number of aromatic nitrogens is 2. The van der Waals surface area contributed by atoms with E-state index in [9.17, 15) is 14.9 Å². The number of benzene rings is 1. The van der Waals surface area contributed by atoms with Crippen LogP contribution in [-0.2, 0) is 16.9 Å². The van der Waals surface area contributed by atoms with E-state index in [0.717, 1.165) is 36.9 Å². The van der Waals surface area contributed by atoms with Crippen molar-refractivity contribution in [3.63, 3.8) is 0 Å². The fourth-order valence-electron chi connectivity index (χ4n) is 4.08. The van der Waals surface area contributed by atoms with Crippen LogP contribution in [-0.4, -0.2) is 39.6 Å². The summed E-state index contributed by atoms with van der Waals surface area (Å²) >= 11 is 3.60. The van der Waals surface area contributed by atoms with Gasteiger partial charge in [0.25, 0.3) is 5.91 Å². The third kappa shape index (κ3) is 4.65. The fourth-order valence-corrected chi connectivity index (χ4v) is 4.49. The number of hydrogen-bond donors (Lipinski definition) is 2. The summed E-state index contributed by atoms with van der Waals surface area (Å²) in [5, 5.41) is 16.8. The Balaban J connectivity index is 1.53. The SMILES string of the molecule is N#CCC1(n2cc(C(N)=O)c(NC(=O)C3CC3)n2)CCN(Cc2ccccc2Br)CC1. The smallest absolute Gasteiger partial charge is 0.254 e. The van der Waals surface area contributed by atoms with Gasteiger partial charge in [0, 0.05) is 36.2 Å². The lowest BCUT2D eigenvalue weighted by Gasteiger charge is -2.40. The number of nitrogens with zero attached hydrogens (tertiary/aromatic N) is 4. The first-order valence-electron chi connectivity index (χ1n) is 10.5. The minimum Gasteiger partial charge on any atom is -0.365 e. The summed E-state index contributed by atoms with van der Waals surface area (Å²) in [7, 11) is 0. The van der Waals surface area contributed by atoms with E-state index in [-0.39, 0.29) is 29.6 Å². The summed E-state index contributed by atoms with van der Waals surface area (Å²) in [5.41, 5.74) is 6.41. The zero-order chi connectivity index (χ0) is 22.0. The molecule has 0 bridgehead atoms. The van der Waals surface area contributed by atoms with Gasteiger partial charge < -0.3 is 11.1 Å². The molecule has 2 fully saturated rings. The van der Waals surface area contributed by atoms with Crippen LogP contribution in [0.2, 0.25) is 0 Å². The number of halogens is 1. The van der Waals surface area contributed by atoms with Crippen LogP contribution in [0.3, 0.4) is 0 Å². The number of nitrogens with one attached hydrogen (secondary N) is 1. The van der Waals surface area contributed by atoms with E-state index in [1.807, 2.05) is 18.2 Å². The Kier molecular flexibility index (Phi) is 6.12. The van der Waals surface area contributed by atoms with Gasteiger partial charge in [-0.1, -0.05) is 34.1 Å². The third-order valence-electron chi connectivity index (χ3n) is 6.20. The molecule has 9 heteroatoms. The number of piperidine rings is 1. The van der Waals surface area contributed by atoms with E-state index < -0.39 is 11.4 Å². The minimum absolute atomic E-state index is 0.0144. The second kappa shape index (κ2) is 8.81. The number of carbonyl (C=O) groups excluding carboxylic acids is 2. The van der Waals surface area contributed by atoms with Crippen LogP contribution in [0.15, 0.2) is 34.9 Å². The maximum Gasteiger partial charge on any atom is 0.254 e. The van der Waals surface area contributed by atoms with Crippen molar-refractivity contribution in [2.45, 2.75) is 44.2 Å². The maximum absolute atomic E-state index is 12.2. The molecule has 2 aromatic rings. The lowest BCUT2D eigenvalue weighted by molar-refractivity contribution is -0.117. The minimum atomic E-state index is -0.643. The number of anilines is 1. The Morgan fingerprint density at radius 3 is 2.61 bits per heavy atom. The highest BCUT2D eigenvalue weighted by Gasteiger charge is 2.39. The monoisotopic (exact) mass is 484 g/mol. The number of amides is 2. The van der Waals surface area contributed by atoms with Crippen LogP contribution in [0, 0.1) is 17.2 Å². The molecule has 0 radical (unpaired) electrons. The molecule has 2 heterocycles. The number of primary amides is 1. The quantitative estimate of drug-likeness (QED) is 0.626. The molecule has 4 rings (SSSR count). The van der Waals surface area contributed by atoms with Crippen LogP contribution in [0.1, 0.15) is 48.0 Å². The summed E-state index contributed by atoms with van der Waals surface area (Å²) in [6.07, 6.45) is 4.98. The molecule has 2 aliphatic rings. The summed E-state index contributed by atoms with van der Waals surface area (Å²) in [6, 6.07) is 10.4. The van der Waals surface area contributed by atoms with E-state index in [0.29, 0.717) is 12.8 Å². The summed E-state index contributed by atoms with van der Waals surface area (Å²) in [5.74, 6) is -0.599. The summed E-state index contributed by atoms with van der Waals surface area (Å²) in [6.45, 7) is 2.40. The van der Waals surface area contributed by atoms with E-state index in [4.69, 9.17) is 5.73 Å². The van der Waals surface area contributed by atoms with Crippen molar-refractivity contribution in [2.24, 2.45) is 11.7 Å². The predicted octanol–water partition coefficient (Wildman–Crippen LogP) is 3.00. The van der Waals surface area contributed by atoms with Gasteiger partial charge in [0.1, 0.15) is 5.56 Å². The second-order valence-electron chi connectivity index (χ2n) is 8.39. The molecule has 162 valence electrons. The van der Waals surface area contributed by atoms with E-state index in [2.05, 4.69) is 43.4 Å². The van der Waals surface area contributed by atoms with E-state index in [1.165, 1.54) is 5.56 Å². The average molecular weight is 485 g/mol. The van der Waals surface area contributed by atoms with Gasteiger partial charge in [0.2, 0.25) is 5.91 Å². The van der Waals surface area contributed by atoms with Crippen molar-refractivity contribution in [3.8, 4) is 6.07 Å². The Hall–Kier alpha value is -2.70. The van der Waals surface area contributed by atoms with E-state index >= 15 is 0 Å². The molecule has 1 saturated heterocycles. The van der Waals surface area contributed by atoms with Crippen LogP contribution >= 0.6 is 15.9 Å². The van der Waals surface area contributed by atoms with Gasteiger partial charge in [-0.25, -0.2) is 0 Å². The van der Waals surface area contributed by atoms with Crippen molar-refractivity contribution in [1.29, 1.82) is 5.26 Å². The molecular weight excluding hydrogens is 460 g/mol. The summed E-state index contributed by atoms with van der Waals surface area (Å²) in [4.78, 5) is 26.5. The highest BCUT2D eigenvalue weighted by Crippen LogP contribution is 2.36. The molecule has 1 saturated carbocycles. The molecule has 0 atom stereocenters. The Labute approximate surface area is 189 Å². The van der Waals surface area contributed by atoms with Crippen molar-refractivity contribution in [3.05, 3.63) is 46.1 Å². The fraction of sp³-hybridized carbons (Fsp3) is 0.455. The van der Waals surface area contributed by atoms with Crippen LogP contribution in [0.5, 0.6) is 0 Å². The van der Waals surface area contributed by atoms with Gasteiger partial charge >= 0.3 is 0 Å². The zero-order valence-corrected chi connectivity index (χ0v) is 18.8. The first-order chi connectivity index (χ1) is 14.9. The van der Waals surface area contributed by atoms with Gasteiger partial charge in [0.05, 0.1) is 18.0 Å². The molecule has 1 aromatic heterocycles.